The second-order valence-corrected chi connectivity index (χ2v) is 8.49. The number of amides is 2. The van der Waals surface area contributed by atoms with E-state index in [1.54, 1.807) is 25.1 Å². The summed E-state index contributed by atoms with van der Waals surface area (Å²) in [6, 6.07) is 17.4. The molecule has 4 rings (SSSR count). The van der Waals surface area contributed by atoms with E-state index in [4.69, 9.17) is 20.9 Å². The van der Waals surface area contributed by atoms with Crippen LogP contribution in [-0.2, 0) is 13.1 Å². The van der Waals surface area contributed by atoms with Crippen molar-refractivity contribution >= 4 is 12.0 Å². The molecule has 0 saturated carbocycles. The summed E-state index contributed by atoms with van der Waals surface area (Å²) in [5.41, 5.74) is 13.0. The number of aryl methyl sites for hydroxylation is 1. The van der Waals surface area contributed by atoms with Crippen molar-refractivity contribution in [2.45, 2.75) is 20.0 Å². The van der Waals surface area contributed by atoms with Gasteiger partial charge in [-0.2, -0.15) is 4.98 Å². The van der Waals surface area contributed by atoms with Gasteiger partial charge in [0.05, 0.1) is 12.1 Å². The largest absolute Gasteiger partial charge is 0.478 e. The van der Waals surface area contributed by atoms with Gasteiger partial charge in [0, 0.05) is 6.54 Å². The Balaban J connectivity index is 1.76. The van der Waals surface area contributed by atoms with E-state index < -0.39 is 47.5 Å². The molecule has 1 heterocycles. The van der Waals surface area contributed by atoms with Crippen molar-refractivity contribution in [2.24, 2.45) is 11.5 Å². The van der Waals surface area contributed by atoms with Gasteiger partial charge >= 0.3 is 12.0 Å². The highest BCUT2D eigenvalue weighted by Crippen LogP contribution is 2.35. The van der Waals surface area contributed by atoms with Crippen molar-refractivity contribution in [1.29, 1.82) is 0 Å². The first kappa shape index (κ1) is 27.0. The van der Waals surface area contributed by atoms with Crippen molar-refractivity contribution in [2.75, 3.05) is 0 Å². The number of nitrogens with zero attached hydrogens (tertiary/aromatic N) is 1. The molecule has 2 amide bonds. The number of carbonyl (C=O) groups excluding carboxylic acids is 1. The maximum absolute atomic E-state index is 15.4. The Morgan fingerprint density at radius 3 is 2.28 bits per heavy atom. The number of carbonyl (C=O) groups is 2. The van der Waals surface area contributed by atoms with Crippen LogP contribution in [0.2, 0.25) is 0 Å². The molecular weight excluding hydrogens is 510 g/mol. The lowest BCUT2D eigenvalue weighted by Crippen LogP contribution is -2.29. The fourth-order valence-corrected chi connectivity index (χ4v) is 3.73. The number of carboxylic acid groups (broad SMARTS) is 1. The molecule has 1 aromatic heterocycles. The van der Waals surface area contributed by atoms with Crippen LogP contribution in [0.4, 0.5) is 13.6 Å². The minimum absolute atomic E-state index is 0.171. The van der Waals surface area contributed by atoms with Crippen LogP contribution in [0.25, 0.3) is 11.1 Å². The van der Waals surface area contributed by atoms with Crippen LogP contribution in [0, 0.1) is 18.6 Å². The minimum atomic E-state index is -1.32. The summed E-state index contributed by atoms with van der Waals surface area (Å²) in [7, 11) is 0. The average molecular weight is 535 g/mol. The first-order valence-electron chi connectivity index (χ1n) is 11.7. The molecule has 0 fully saturated rings. The Labute approximate surface area is 222 Å². The summed E-state index contributed by atoms with van der Waals surface area (Å²) in [5.74, 6) is -5.26. The highest BCUT2D eigenvalue weighted by molar-refractivity contribution is 5.91. The second kappa shape index (κ2) is 11.6. The van der Waals surface area contributed by atoms with Crippen LogP contribution in [0.5, 0.6) is 23.3 Å². The normalized spacial score (nSPS) is 10.7. The number of hydrogen-bond acceptors (Lipinski definition) is 6. The van der Waals surface area contributed by atoms with Crippen LogP contribution in [0.15, 0.2) is 66.7 Å². The van der Waals surface area contributed by atoms with Crippen molar-refractivity contribution in [3.8, 4) is 34.4 Å². The molecule has 11 heteroatoms. The third-order valence-corrected chi connectivity index (χ3v) is 5.67. The third-order valence-electron chi connectivity index (χ3n) is 5.67. The average Bonchev–Trinajstić information content (AvgIpc) is 2.91. The second-order valence-electron chi connectivity index (χ2n) is 8.49. The molecule has 0 atom stereocenters. The number of aromatic nitrogens is 1. The Morgan fingerprint density at radius 1 is 0.949 bits per heavy atom. The Bertz CT molecular complexity index is 1560. The topological polar surface area (TPSA) is 150 Å². The number of nitrogens with two attached hydrogens (primary N) is 2. The predicted molar refractivity (Wildman–Crippen MR) is 139 cm³/mol. The van der Waals surface area contributed by atoms with E-state index in [-0.39, 0.29) is 17.1 Å². The van der Waals surface area contributed by atoms with Gasteiger partial charge in [0.2, 0.25) is 0 Å². The number of urea groups is 1. The molecule has 6 N–H and O–H groups in total. The standard InChI is InChI=1S/C28H24F2N4O5/c1-15-8-9-20(27(35)36)22(10-15)39-26-24(30)21(14-33-28(32)37)23(29)25(34-26)38-19-7-3-6-18(12-19)17-5-2-4-16(11-17)13-31/h2-12H,13-14,31H2,1H3,(H,35,36)(H3,32,33,37). The zero-order chi connectivity index (χ0) is 28.1. The van der Waals surface area contributed by atoms with Crippen molar-refractivity contribution < 1.29 is 33.0 Å². The summed E-state index contributed by atoms with van der Waals surface area (Å²) in [5, 5.41) is 11.6. The van der Waals surface area contributed by atoms with E-state index in [1.807, 2.05) is 30.3 Å². The molecule has 0 aliphatic rings. The molecule has 4 aromatic rings. The summed E-state index contributed by atoms with van der Waals surface area (Å²) in [6.45, 7) is 1.39. The predicted octanol–water partition coefficient (Wildman–Crippen LogP) is 5.25. The van der Waals surface area contributed by atoms with Gasteiger partial charge < -0.3 is 31.4 Å². The number of benzene rings is 3. The first-order chi connectivity index (χ1) is 18.7. The van der Waals surface area contributed by atoms with Gasteiger partial charge in [0.25, 0.3) is 11.8 Å². The molecule has 0 bridgehead atoms. The van der Waals surface area contributed by atoms with Crippen LogP contribution >= 0.6 is 0 Å². The van der Waals surface area contributed by atoms with Gasteiger partial charge in [-0.3, -0.25) is 0 Å². The number of primary amides is 1. The van der Waals surface area contributed by atoms with E-state index in [0.29, 0.717) is 12.1 Å². The summed E-state index contributed by atoms with van der Waals surface area (Å²) in [4.78, 5) is 26.8. The van der Waals surface area contributed by atoms with Gasteiger partial charge in [-0.1, -0.05) is 36.4 Å². The van der Waals surface area contributed by atoms with E-state index in [0.717, 1.165) is 16.7 Å². The molecule has 9 nitrogen and oxygen atoms in total. The molecule has 39 heavy (non-hydrogen) atoms. The summed E-state index contributed by atoms with van der Waals surface area (Å²) in [6.07, 6.45) is 0. The Hall–Kier alpha value is -5.03. The molecule has 0 unspecified atom stereocenters. The van der Waals surface area contributed by atoms with E-state index >= 15 is 8.78 Å². The number of ether oxygens (including phenoxy) is 2. The lowest BCUT2D eigenvalue weighted by molar-refractivity contribution is 0.0694. The number of carboxylic acids is 1. The first-order valence-corrected chi connectivity index (χ1v) is 11.7. The van der Waals surface area contributed by atoms with Gasteiger partial charge in [-0.15, -0.1) is 0 Å². The molecular formula is C28H24F2N4O5. The third kappa shape index (κ3) is 6.28. The number of aromatic carboxylic acids is 1. The highest BCUT2D eigenvalue weighted by atomic mass is 19.1. The number of pyridine rings is 1. The van der Waals surface area contributed by atoms with E-state index in [2.05, 4.69) is 10.3 Å². The van der Waals surface area contributed by atoms with Crippen molar-refractivity contribution in [3.63, 3.8) is 0 Å². The summed E-state index contributed by atoms with van der Waals surface area (Å²) >= 11 is 0. The van der Waals surface area contributed by atoms with Crippen LogP contribution < -0.4 is 26.3 Å². The molecule has 0 radical (unpaired) electrons. The fraction of sp³-hybridized carbons (Fsp3) is 0.107. The van der Waals surface area contributed by atoms with Gasteiger partial charge in [0.1, 0.15) is 17.1 Å². The van der Waals surface area contributed by atoms with E-state index in [1.165, 1.54) is 18.2 Å². The molecule has 3 aromatic carbocycles. The highest BCUT2D eigenvalue weighted by Gasteiger charge is 2.25. The quantitative estimate of drug-likeness (QED) is 0.229. The lowest BCUT2D eigenvalue weighted by atomic mass is 10.0. The number of nitrogens with one attached hydrogen (secondary N) is 1. The fourth-order valence-electron chi connectivity index (χ4n) is 3.73. The molecule has 0 aliphatic heterocycles. The lowest BCUT2D eigenvalue weighted by Gasteiger charge is -2.15. The van der Waals surface area contributed by atoms with Crippen LogP contribution in [-0.4, -0.2) is 22.1 Å². The number of hydrogen-bond donors (Lipinski definition) is 4. The maximum Gasteiger partial charge on any atom is 0.339 e. The smallest absolute Gasteiger partial charge is 0.339 e. The molecule has 0 saturated heterocycles. The molecule has 0 spiro atoms. The van der Waals surface area contributed by atoms with Gasteiger partial charge in [-0.25, -0.2) is 18.4 Å². The van der Waals surface area contributed by atoms with Crippen molar-refractivity contribution in [1.82, 2.24) is 10.3 Å². The number of rotatable bonds is 9. The van der Waals surface area contributed by atoms with Crippen molar-refractivity contribution in [3.05, 3.63) is 101 Å². The minimum Gasteiger partial charge on any atom is -0.478 e. The monoisotopic (exact) mass is 534 g/mol. The number of halogens is 2. The zero-order valence-corrected chi connectivity index (χ0v) is 20.7. The Morgan fingerprint density at radius 2 is 1.62 bits per heavy atom. The van der Waals surface area contributed by atoms with Gasteiger partial charge in [0.15, 0.2) is 11.6 Å². The SMILES string of the molecule is Cc1ccc(C(=O)O)c(Oc2nc(Oc3cccc(-c4cccc(CN)c4)c3)c(F)c(CNC(N)=O)c2F)c1. The summed E-state index contributed by atoms with van der Waals surface area (Å²) < 4.78 is 41.9. The van der Waals surface area contributed by atoms with Crippen LogP contribution in [0.1, 0.15) is 27.0 Å². The Kier molecular flexibility index (Phi) is 8.01. The van der Waals surface area contributed by atoms with E-state index in [9.17, 15) is 14.7 Å². The zero-order valence-electron chi connectivity index (χ0n) is 20.7. The maximum atomic E-state index is 15.4. The van der Waals surface area contributed by atoms with Crippen LogP contribution in [0.3, 0.4) is 0 Å². The molecule has 0 aliphatic carbocycles. The van der Waals surface area contributed by atoms with Gasteiger partial charge in [-0.05, 0) is 59.5 Å². The molecule has 200 valence electrons.